The van der Waals surface area contributed by atoms with Crippen LogP contribution in [-0.2, 0) is 0 Å². The van der Waals surface area contributed by atoms with Crippen LogP contribution in [0.25, 0.3) is 28.1 Å². The third-order valence-electron chi connectivity index (χ3n) is 5.63. The number of fused-ring (bicyclic) bond motifs is 1. The van der Waals surface area contributed by atoms with Crippen molar-refractivity contribution in [2.24, 2.45) is 0 Å². The smallest absolute Gasteiger partial charge is 0.164 e. The Bertz CT molecular complexity index is 1330. The second-order valence-corrected chi connectivity index (χ2v) is 8.40. The van der Waals surface area contributed by atoms with Crippen molar-refractivity contribution in [3.05, 3.63) is 42.5 Å². The molecule has 0 bridgehead atoms. The van der Waals surface area contributed by atoms with E-state index < -0.39 is 6.10 Å². The molecule has 0 saturated carbocycles. The molecule has 1 aliphatic rings. The lowest BCUT2D eigenvalue weighted by atomic mass is 10.0. The van der Waals surface area contributed by atoms with Gasteiger partial charge in [0.05, 0.1) is 30.1 Å². The Morgan fingerprint density at radius 2 is 2.12 bits per heavy atom. The highest BCUT2D eigenvalue weighted by atomic mass is 16.3. The maximum Gasteiger partial charge on any atom is 0.164 e. The molecule has 0 radical (unpaired) electrons. The van der Waals surface area contributed by atoms with E-state index in [4.69, 9.17) is 5.26 Å². The molecule has 3 N–H and O–H groups in total. The van der Waals surface area contributed by atoms with Crippen LogP contribution in [0.2, 0.25) is 0 Å². The van der Waals surface area contributed by atoms with Gasteiger partial charge < -0.3 is 15.7 Å². The zero-order valence-corrected chi connectivity index (χ0v) is 18.3. The SMILES string of the molecule is CC(C)Nc1cc(-n2ncc3cc(C#N)cnc32)ncc1-c1cn([C@H]2CCNC[C@@H]2O)nn1. The van der Waals surface area contributed by atoms with Crippen LogP contribution in [0.15, 0.2) is 36.9 Å². The summed E-state index contributed by atoms with van der Waals surface area (Å²) < 4.78 is 3.39. The van der Waals surface area contributed by atoms with Crippen LogP contribution in [0.1, 0.15) is 31.9 Å². The molecule has 0 spiro atoms. The van der Waals surface area contributed by atoms with E-state index in [2.05, 4.69) is 55.9 Å². The molecular weight excluding hydrogens is 420 g/mol. The average Bonchev–Trinajstić information content (AvgIpc) is 3.46. The molecule has 1 aliphatic heterocycles. The molecular formula is C22H24N10O. The molecule has 11 nitrogen and oxygen atoms in total. The van der Waals surface area contributed by atoms with Gasteiger partial charge in [-0.05, 0) is 32.9 Å². The minimum Gasteiger partial charge on any atom is -0.390 e. The number of nitriles is 1. The Morgan fingerprint density at radius 1 is 1.24 bits per heavy atom. The number of rotatable bonds is 5. The third kappa shape index (κ3) is 4.02. The lowest BCUT2D eigenvalue weighted by Gasteiger charge is -2.27. The van der Waals surface area contributed by atoms with Crippen molar-refractivity contribution >= 4 is 16.7 Å². The standard InChI is InChI=1S/C22H24N10O/c1-13(2)28-17-6-21(32-22-15(9-27-32)5-14(7-23)8-26-22)25-10-16(17)18-12-31(30-29-18)19-3-4-24-11-20(19)33/h5-6,8-10,12-13,19-20,24,33H,3-4,11H2,1-2H3,(H,25,28)/t19-,20-/m0/s1. The number of aliphatic hydroxyl groups is 1. The van der Waals surface area contributed by atoms with Crippen LogP contribution in [0.3, 0.4) is 0 Å². The molecule has 11 heteroatoms. The summed E-state index contributed by atoms with van der Waals surface area (Å²) >= 11 is 0. The first-order chi connectivity index (χ1) is 16.0. The minimum atomic E-state index is -0.510. The molecule has 4 aromatic rings. The van der Waals surface area contributed by atoms with Crippen molar-refractivity contribution < 1.29 is 5.11 Å². The Hall–Kier alpha value is -3.88. The van der Waals surface area contributed by atoms with E-state index >= 15 is 0 Å². The fourth-order valence-electron chi connectivity index (χ4n) is 4.04. The van der Waals surface area contributed by atoms with Crippen molar-refractivity contribution in [1.82, 2.24) is 40.1 Å². The first-order valence-corrected chi connectivity index (χ1v) is 10.9. The second-order valence-electron chi connectivity index (χ2n) is 8.40. The Labute approximate surface area is 190 Å². The predicted molar refractivity (Wildman–Crippen MR) is 122 cm³/mol. The molecule has 1 saturated heterocycles. The van der Waals surface area contributed by atoms with Crippen LogP contribution < -0.4 is 10.6 Å². The van der Waals surface area contributed by atoms with Crippen LogP contribution >= 0.6 is 0 Å². The van der Waals surface area contributed by atoms with Gasteiger partial charge in [0.1, 0.15) is 11.8 Å². The van der Waals surface area contributed by atoms with Crippen molar-refractivity contribution in [2.75, 3.05) is 18.4 Å². The third-order valence-corrected chi connectivity index (χ3v) is 5.63. The molecule has 1 fully saturated rings. The Morgan fingerprint density at radius 3 is 2.91 bits per heavy atom. The molecule has 0 aliphatic carbocycles. The van der Waals surface area contributed by atoms with Gasteiger partial charge in [-0.2, -0.15) is 15.0 Å². The number of pyridine rings is 2. The van der Waals surface area contributed by atoms with Crippen LogP contribution in [-0.4, -0.2) is 65.1 Å². The lowest BCUT2D eigenvalue weighted by molar-refractivity contribution is 0.0800. The predicted octanol–water partition coefficient (Wildman–Crippen LogP) is 1.66. The van der Waals surface area contributed by atoms with Crippen molar-refractivity contribution in [1.29, 1.82) is 5.26 Å². The van der Waals surface area contributed by atoms with E-state index in [1.807, 2.05) is 12.3 Å². The van der Waals surface area contributed by atoms with Crippen LogP contribution in [0.4, 0.5) is 5.69 Å². The van der Waals surface area contributed by atoms with Gasteiger partial charge in [-0.1, -0.05) is 5.21 Å². The summed E-state index contributed by atoms with van der Waals surface area (Å²) in [5, 5.41) is 39.9. The van der Waals surface area contributed by atoms with E-state index in [0.29, 0.717) is 29.3 Å². The highest BCUT2D eigenvalue weighted by molar-refractivity contribution is 5.79. The summed E-state index contributed by atoms with van der Waals surface area (Å²) in [6.45, 7) is 5.48. The second kappa shape index (κ2) is 8.57. The number of β-amino-alcohol motifs (C(OH)–C–C–N with tert-alkyl or cyclic N) is 1. The summed E-state index contributed by atoms with van der Waals surface area (Å²) in [4.78, 5) is 9.00. The number of hydrogen-bond donors (Lipinski definition) is 3. The zero-order chi connectivity index (χ0) is 22.9. The maximum atomic E-state index is 10.3. The van der Waals surface area contributed by atoms with Gasteiger partial charge in [-0.25, -0.2) is 14.6 Å². The highest BCUT2D eigenvalue weighted by Gasteiger charge is 2.26. The van der Waals surface area contributed by atoms with Gasteiger partial charge in [0, 0.05) is 47.7 Å². The zero-order valence-electron chi connectivity index (χ0n) is 18.3. The average molecular weight is 445 g/mol. The van der Waals surface area contributed by atoms with Crippen LogP contribution in [0, 0.1) is 11.3 Å². The van der Waals surface area contributed by atoms with E-state index in [1.165, 1.54) is 6.20 Å². The Balaban J connectivity index is 1.53. The van der Waals surface area contributed by atoms with Gasteiger partial charge >= 0.3 is 0 Å². The number of nitrogens with zero attached hydrogens (tertiary/aromatic N) is 8. The first-order valence-electron chi connectivity index (χ1n) is 10.9. The molecule has 33 heavy (non-hydrogen) atoms. The molecule has 2 atom stereocenters. The largest absolute Gasteiger partial charge is 0.390 e. The first kappa shape index (κ1) is 21.0. The maximum absolute atomic E-state index is 10.3. The number of nitrogens with one attached hydrogen (secondary N) is 2. The van der Waals surface area contributed by atoms with E-state index in [9.17, 15) is 5.11 Å². The summed E-state index contributed by atoms with van der Waals surface area (Å²) in [6, 6.07) is 5.81. The number of anilines is 1. The summed E-state index contributed by atoms with van der Waals surface area (Å²) in [5.74, 6) is 0.593. The molecule has 0 amide bonds. The normalized spacial score (nSPS) is 18.5. The lowest BCUT2D eigenvalue weighted by Crippen LogP contribution is -2.41. The molecule has 0 aromatic carbocycles. The van der Waals surface area contributed by atoms with Gasteiger partial charge in [0.2, 0.25) is 0 Å². The monoisotopic (exact) mass is 444 g/mol. The number of aliphatic hydroxyl groups excluding tert-OH is 1. The van der Waals surface area contributed by atoms with E-state index in [0.717, 1.165) is 29.6 Å². The molecule has 4 aromatic heterocycles. The van der Waals surface area contributed by atoms with Crippen molar-refractivity contribution in [3.63, 3.8) is 0 Å². The quantitative estimate of drug-likeness (QED) is 0.419. The van der Waals surface area contributed by atoms with E-state index in [1.54, 1.807) is 27.8 Å². The highest BCUT2D eigenvalue weighted by Crippen LogP contribution is 2.30. The van der Waals surface area contributed by atoms with Gasteiger partial charge in [-0.15, -0.1) is 5.10 Å². The van der Waals surface area contributed by atoms with Gasteiger partial charge in [0.15, 0.2) is 11.5 Å². The molecule has 5 rings (SSSR count). The number of piperidine rings is 1. The Kier molecular flexibility index (Phi) is 5.45. The number of hydrogen-bond acceptors (Lipinski definition) is 9. The van der Waals surface area contributed by atoms with Crippen molar-refractivity contribution in [3.8, 4) is 23.1 Å². The fourth-order valence-corrected chi connectivity index (χ4v) is 4.04. The topological polar surface area (TPSA) is 142 Å². The molecule has 0 unspecified atom stereocenters. The van der Waals surface area contributed by atoms with Gasteiger partial charge in [0.25, 0.3) is 0 Å². The van der Waals surface area contributed by atoms with Crippen LogP contribution in [0.5, 0.6) is 0 Å². The fraction of sp³-hybridized carbons (Fsp3) is 0.364. The molecule has 168 valence electrons. The summed E-state index contributed by atoms with van der Waals surface area (Å²) in [6.07, 6.45) is 7.06. The molecule has 5 heterocycles. The number of aromatic nitrogens is 7. The minimum absolute atomic E-state index is 0.110. The summed E-state index contributed by atoms with van der Waals surface area (Å²) in [7, 11) is 0. The van der Waals surface area contributed by atoms with E-state index in [-0.39, 0.29) is 12.1 Å². The van der Waals surface area contributed by atoms with Gasteiger partial charge in [-0.3, -0.25) is 0 Å². The van der Waals surface area contributed by atoms with Crippen molar-refractivity contribution in [2.45, 2.75) is 38.5 Å². The summed E-state index contributed by atoms with van der Waals surface area (Å²) in [5.41, 5.74) is 3.42.